The molecular weight excluding hydrogens is 298 g/mol. The summed E-state index contributed by atoms with van der Waals surface area (Å²) in [7, 11) is 0. The number of hydrogen-bond donors (Lipinski definition) is 1. The molecule has 1 aromatic carbocycles. The number of ether oxygens (including phenoxy) is 1. The minimum atomic E-state index is -0.530. The molecule has 1 aromatic rings. The van der Waals surface area contributed by atoms with E-state index in [9.17, 15) is 4.79 Å². The maximum Gasteiger partial charge on any atom is 0.311 e. The zero-order valence-electron chi connectivity index (χ0n) is 16.0. The first kappa shape index (κ1) is 20.7. The third-order valence-corrected chi connectivity index (χ3v) is 5.53. The van der Waals surface area contributed by atoms with Gasteiger partial charge in [0.2, 0.25) is 0 Å². The molecule has 0 aliphatic rings. The molecule has 0 aromatic heterocycles. The number of nitrogens with two attached hydrogens (primary N) is 1. The zero-order chi connectivity index (χ0) is 18.2. The van der Waals surface area contributed by atoms with Crippen LogP contribution in [0.5, 0.6) is 0 Å². The van der Waals surface area contributed by atoms with E-state index in [0.717, 1.165) is 12.8 Å². The van der Waals surface area contributed by atoms with Crippen molar-refractivity contribution < 1.29 is 9.53 Å². The van der Waals surface area contributed by atoms with Crippen LogP contribution in [0.3, 0.4) is 0 Å². The average molecular weight is 334 g/mol. The Balaban J connectivity index is 3.05. The maximum atomic E-state index is 12.7. The third-order valence-electron chi connectivity index (χ3n) is 5.53. The molecule has 0 spiro atoms. The molecule has 0 aliphatic heterocycles. The van der Waals surface area contributed by atoms with Crippen LogP contribution in [0, 0.1) is 17.3 Å². The van der Waals surface area contributed by atoms with Crippen molar-refractivity contribution in [2.75, 3.05) is 13.2 Å². The van der Waals surface area contributed by atoms with Crippen molar-refractivity contribution in [3.05, 3.63) is 35.9 Å². The topological polar surface area (TPSA) is 52.3 Å². The van der Waals surface area contributed by atoms with Crippen LogP contribution >= 0.6 is 0 Å². The lowest BCUT2D eigenvalue weighted by atomic mass is 9.65. The van der Waals surface area contributed by atoms with E-state index < -0.39 is 5.41 Å². The Morgan fingerprint density at radius 2 is 1.75 bits per heavy atom. The molecule has 0 aliphatic carbocycles. The summed E-state index contributed by atoms with van der Waals surface area (Å²) in [4.78, 5) is 12.7. The van der Waals surface area contributed by atoms with E-state index in [0.29, 0.717) is 31.4 Å². The first-order valence-electron chi connectivity index (χ1n) is 9.32. The zero-order valence-corrected chi connectivity index (χ0v) is 16.0. The van der Waals surface area contributed by atoms with Crippen LogP contribution in [0.25, 0.3) is 0 Å². The first-order valence-corrected chi connectivity index (χ1v) is 9.32. The van der Waals surface area contributed by atoms with Crippen LogP contribution in [0.4, 0.5) is 0 Å². The standard InChI is InChI=1S/C21H35NO2/c1-6-17(7-2)19(18-12-9-8-10-13-18)16(3)21(4,5)20(23)24-15-11-14-22/h8-10,12-13,16-17,19H,6-7,11,14-15,22H2,1-5H3. The summed E-state index contributed by atoms with van der Waals surface area (Å²) in [5.41, 5.74) is 6.28. The van der Waals surface area contributed by atoms with Crippen molar-refractivity contribution >= 4 is 5.97 Å². The fraction of sp³-hybridized carbons (Fsp3) is 0.667. The summed E-state index contributed by atoms with van der Waals surface area (Å²) in [6.45, 7) is 11.7. The number of hydrogen-bond acceptors (Lipinski definition) is 3. The van der Waals surface area contributed by atoms with Gasteiger partial charge in [0, 0.05) is 0 Å². The quantitative estimate of drug-likeness (QED) is 0.496. The van der Waals surface area contributed by atoms with Gasteiger partial charge in [0.25, 0.3) is 0 Å². The lowest BCUT2D eigenvalue weighted by molar-refractivity contribution is -0.157. The molecule has 2 atom stereocenters. The summed E-state index contributed by atoms with van der Waals surface area (Å²) in [6, 6.07) is 10.6. The molecule has 0 heterocycles. The molecule has 0 saturated heterocycles. The molecular formula is C21H35NO2. The molecule has 2 N–H and O–H groups in total. The second-order valence-electron chi connectivity index (χ2n) is 7.30. The minimum Gasteiger partial charge on any atom is -0.465 e. The molecule has 3 nitrogen and oxygen atoms in total. The summed E-state index contributed by atoms with van der Waals surface area (Å²) in [6.07, 6.45) is 2.93. The van der Waals surface area contributed by atoms with E-state index in [2.05, 4.69) is 45.0 Å². The normalized spacial score (nSPS) is 14.5. The molecule has 0 fully saturated rings. The second-order valence-corrected chi connectivity index (χ2v) is 7.30. The van der Waals surface area contributed by atoms with Crippen LogP contribution in [-0.2, 0) is 9.53 Å². The van der Waals surface area contributed by atoms with Gasteiger partial charge in [0.05, 0.1) is 12.0 Å². The fourth-order valence-corrected chi connectivity index (χ4v) is 3.51. The lowest BCUT2D eigenvalue weighted by Gasteiger charge is -2.39. The Bertz CT molecular complexity index is 480. The second kappa shape index (κ2) is 9.83. The third kappa shape index (κ3) is 5.07. The number of esters is 1. The number of rotatable bonds is 10. The SMILES string of the molecule is CCC(CC)C(c1ccccc1)C(C)C(C)(C)C(=O)OCCCN. The van der Waals surface area contributed by atoms with Gasteiger partial charge < -0.3 is 10.5 Å². The molecule has 1 rings (SSSR count). The van der Waals surface area contributed by atoms with Crippen molar-refractivity contribution in [3.8, 4) is 0 Å². The van der Waals surface area contributed by atoms with Gasteiger partial charge in [-0.1, -0.05) is 63.9 Å². The van der Waals surface area contributed by atoms with E-state index >= 15 is 0 Å². The Morgan fingerprint density at radius 1 is 1.17 bits per heavy atom. The highest BCUT2D eigenvalue weighted by molar-refractivity contribution is 5.76. The lowest BCUT2D eigenvalue weighted by Crippen LogP contribution is -2.38. The summed E-state index contributed by atoms with van der Waals surface area (Å²) in [5, 5.41) is 0. The van der Waals surface area contributed by atoms with Crippen LogP contribution in [0.15, 0.2) is 30.3 Å². The van der Waals surface area contributed by atoms with Gasteiger partial charge in [-0.2, -0.15) is 0 Å². The highest BCUT2D eigenvalue weighted by atomic mass is 16.5. The maximum absolute atomic E-state index is 12.7. The van der Waals surface area contributed by atoms with Crippen molar-refractivity contribution in [3.63, 3.8) is 0 Å². The Hall–Kier alpha value is -1.35. The van der Waals surface area contributed by atoms with Gasteiger partial charge in [0.1, 0.15) is 0 Å². The number of carbonyl (C=O) groups excluding carboxylic acids is 1. The van der Waals surface area contributed by atoms with Crippen molar-refractivity contribution in [2.24, 2.45) is 23.0 Å². The van der Waals surface area contributed by atoms with Gasteiger partial charge in [-0.3, -0.25) is 4.79 Å². The van der Waals surface area contributed by atoms with E-state index in [1.54, 1.807) is 0 Å². The van der Waals surface area contributed by atoms with E-state index in [-0.39, 0.29) is 11.9 Å². The van der Waals surface area contributed by atoms with Crippen LogP contribution in [-0.4, -0.2) is 19.1 Å². The number of carbonyl (C=O) groups is 1. The smallest absolute Gasteiger partial charge is 0.311 e. The molecule has 24 heavy (non-hydrogen) atoms. The predicted molar refractivity (Wildman–Crippen MR) is 101 cm³/mol. The van der Waals surface area contributed by atoms with Crippen molar-refractivity contribution in [2.45, 2.75) is 59.8 Å². The molecule has 2 unspecified atom stereocenters. The molecule has 0 radical (unpaired) electrons. The van der Waals surface area contributed by atoms with Crippen molar-refractivity contribution in [1.29, 1.82) is 0 Å². The molecule has 136 valence electrons. The van der Waals surface area contributed by atoms with Gasteiger partial charge in [-0.25, -0.2) is 0 Å². The minimum absolute atomic E-state index is 0.115. The number of benzene rings is 1. The summed E-state index contributed by atoms with van der Waals surface area (Å²) in [5.74, 6) is 0.974. The van der Waals surface area contributed by atoms with Gasteiger partial charge >= 0.3 is 5.97 Å². The van der Waals surface area contributed by atoms with E-state index in [1.807, 2.05) is 19.9 Å². The predicted octanol–water partition coefficient (Wildman–Crippen LogP) is 4.76. The summed E-state index contributed by atoms with van der Waals surface area (Å²) < 4.78 is 5.48. The van der Waals surface area contributed by atoms with Crippen LogP contribution in [0.1, 0.15) is 65.4 Å². The van der Waals surface area contributed by atoms with E-state index in [4.69, 9.17) is 10.5 Å². The Labute approximate surface area is 148 Å². The fourth-order valence-electron chi connectivity index (χ4n) is 3.51. The highest BCUT2D eigenvalue weighted by Gasteiger charge is 2.42. The first-order chi connectivity index (χ1) is 11.4. The summed E-state index contributed by atoms with van der Waals surface area (Å²) >= 11 is 0. The molecule has 0 saturated carbocycles. The largest absolute Gasteiger partial charge is 0.465 e. The van der Waals surface area contributed by atoms with Gasteiger partial charge in [0.15, 0.2) is 0 Å². The highest BCUT2D eigenvalue weighted by Crippen LogP contribution is 2.44. The van der Waals surface area contributed by atoms with Crippen LogP contribution < -0.4 is 5.73 Å². The molecule has 0 amide bonds. The van der Waals surface area contributed by atoms with Crippen LogP contribution in [0.2, 0.25) is 0 Å². The van der Waals surface area contributed by atoms with Crippen molar-refractivity contribution in [1.82, 2.24) is 0 Å². The van der Waals surface area contributed by atoms with Gasteiger partial charge in [-0.05, 0) is 50.1 Å². The Morgan fingerprint density at radius 3 is 2.25 bits per heavy atom. The molecule has 0 bridgehead atoms. The van der Waals surface area contributed by atoms with Gasteiger partial charge in [-0.15, -0.1) is 0 Å². The Kier molecular flexibility index (Phi) is 8.47. The molecule has 3 heteroatoms. The monoisotopic (exact) mass is 333 g/mol. The van der Waals surface area contributed by atoms with E-state index in [1.165, 1.54) is 5.56 Å². The average Bonchev–Trinajstić information content (AvgIpc) is 2.59.